The molecule has 4 heavy (non-hydrogen) atoms. The van der Waals surface area contributed by atoms with Crippen molar-refractivity contribution < 1.29 is 0 Å². The first-order valence-electron chi connectivity index (χ1n) is 0.894. The molecule has 0 N–H and O–H groups in total. The van der Waals surface area contributed by atoms with Crippen molar-refractivity contribution in [2.75, 3.05) is 13.3 Å². The third-order valence-electron chi connectivity index (χ3n) is 0. The molecule has 0 aromatic rings. The van der Waals surface area contributed by atoms with E-state index in [4.69, 9.17) is 0 Å². The SMILES string of the molecule is C[P]C.[PbH2]. The van der Waals surface area contributed by atoms with E-state index in [1.165, 1.54) is 8.58 Å². The van der Waals surface area contributed by atoms with Crippen LogP contribution in [0.1, 0.15) is 0 Å². The molecule has 0 spiro atoms. The summed E-state index contributed by atoms with van der Waals surface area (Å²) in [7, 11) is 1.42. The van der Waals surface area contributed by atoms with Gasteiger partial charge in [0.15, 0.2) is 0 Å². The van der Waals surface area contributed by atoms with E-state index < -0.39 is 0 Å². The summed E-state index contributed by atoms with van der Waals surface area (Å²) >= 11 is 0. The van der Waals surface area contributed by atoms with Crippen LogP contribution < -0.4 is 0 Å². The molecule has 25 valence electrons. The molecule has 2 heteroatoms. The molecule has 0 bridgehead atoms. The molecule has 0 fully saturated rings. The molecule has 0 nitrogen and oxygen atoms in total. The van der Waals surface area contributed by atoms with Crippen LogP contribution in [0, 0.1) is 0 Å². The standard InChI is InChI=1S/C2H6P.Pb.2H/c1-3-2;;;/h1-2H3;;;. The Kier molecular flexibility index (Phi) is 19.9. The molecule has 0 saturated carbocycles. The second-order valence-electron chi connectivity index (χ2n) is 0.447. The van der Waals surface area contributed by atoms with E-state index in [0.717, 1.165) is 0 Å². The normalized spacial score (nSPS) is 4.50. The van der Waals surface area contributed by atoms with Gasteiger partial charge in [-0.25, -0.2) is 0 Å². The summed E-state index contributed by atoms with van der Waals surface area (Å²) in [5.74, 6) is 0. The Morgan fingerprint density at radius 1 is 1.25 bits per heavy atom. The van der Waals surface area contributed by atoms with Crippen molar-refractivity contribution >= 4 is 35.9 Å². The van der Waals surface area contributed by atoms with Gasteiger partial charge in [0.25, 0.3) is 0 Å². The third kappa shape index (κ3) is 10.1. The van der Waals surface area contributed by atoms with Gasteiger partial charge in [0, 0.05) is 0 Å². The molecule has 0 aliphatic heterocycles. The van der Waals surface area contributed by atoms with Gasteiger partial charge in [-0.1, -0.05) is 8.58 Å². The quantitative estimate of drug-likeness (QED) is 0.438. The maximum atomic E-state index is 2.10. The first kappa shape index (κ1) is 9.02. The fourth-order valence-corrected chi connectivity index (χ4v) is 0. The Morgan fingerprint density at radius 2 is 1.25 bits per heavy atom. The summed E-state index contributed by atoms with van der Waals surface area (Å²) in [5, 5.41) is 0. The topological polar surface area (TPSA) is 0 Å². The predicted molar refractivity (Wildman–Crippen MR) is 27.3 cm³/mol. The molecule has 0 amide bonds. The zero-order valence-corrected chi connectivity index (χ0v) is 9.55. The number of hydrogen-bond acceptors (Lipinski definition) is 0. The van der Waals surface area contributed by atoms with Gasteiger partial charge in [0.05, 0.1) is 0 Å². The van der Waals surface area contributed by atoms with Gasteiger partial charge in [0.2, 0.25) is 0 Å². The molecule has 3 radical (unpaired) electrons. The summed E-state index contributed by atoms with van der Waals surface area (Å²) in [6, 6.07) is 0. The van der Waals surface area contributed by atoms with E-state index >= 15 is 0 Å². The van der Waals surface area contributed by atoms with Crippen LogP contribution in [0.5, 0.6) is 0 Å². The molecule has 0 atom stereocenters. The molecule has 0 aromatic heterocycles. The van der Waals surface area contributed by atoms with Gasteiger partial charge in [-0.2, -0.15) is 0 Å². The van der Waals surface area contributed by atoms with Crippen LogP contribution in [0.15, 0.2) is 0 Å². The number of hydrogen-bond donors (Lipinski definition) is 0. The minimum absolute atomic E-state index is 0. The Labute approximate surface area is 49.3 Å². The Bertz CT molecular complexity index is 6.00. The molecule has 0 aliphatic rings. The maximum absolute atomic E-state index is 2.10. The first-order valence-corrected chi connectivity index (χ1v) is 2.68. The zero-order chi connectivity index (χ0) is 2.71. The van der Waals surface area contributed by atoms with Crippen molar-refractivity contribution in [1.82, 2.24) is 0 Å². The van der Waals surface area contributed by atoms with Crippen molar-refractivity contribution in [3.8, 4) is 0 Å². The van der Waals surface area contributed by atoms with Gasteiger partial charge < -0.3 is 0 Å². The minimum atomic E-state index is 0. The van der Waals surface area contributed by atoms with Crippen LogP contribution in [0.25, 0.3) is 0 Å². The first-order chi connectivity index (χ1) is 1.41. The summed E-state index contributed by atoms with van der Waals surface area (Å²) < 4.78 is 0. The zero-order valence-electron chi connectivity index (χ0n) is 3.15. The van der Waals surface area contributed by atoms with Crippen molar-refractivity contribution in [2.45, 2.75) is 0 Å². The van der Waals surface area contributed by atoms with Crippen LogP contribution in [-0.4, -0.2) is 40.6 Å². The Morgan fingerprint density at radius 3 is 1.25 bits per heavy atom. The van der Waals surface area contributed by atoms with Crippen LogP contribution in [0.3, 0.4) is 0 Å². The Hall–Kier alpha value is 1.35. The van der Waals surface area contributed by atoms with Crippen LogP contribution >= 0.6 is 8.58 Å². The summed E-state index contributed by atoms with van der Waals surface area (Å²) in [6.07, 6.45) is 0. The molecule has 0 rings (SSSR count). The average Bonchev–Trinajstić information content (AvgIpc) is 0.918. The van der Waals surface area contributed by atoms with Gasteiger partial charge in [-0.3, -0.25) is 0 Å². The molecule has 0 aromatic carbocycles. The molecule has 0 unspecified atom stereocenters. The van der Waals surface area contributed by atoms with Gasteiger partial charge in [-0.05, 0) is 13.3 Å². The molecular formula is C2H8PPb. The molecule has 0 saturated heterocycles. The molecule has 0 heterocycles. The fourth-order valence-electron chi connectivity index (χ4n) is 0. The predicted octanol–water partition coefficient (Wildman–Crippen LogP) is 0.276. The van der Waals surface area contributed by atoms with E-state index in [-0.39, 0.29) is 27.3 Å². The summed E-state index contributed by atoms with van der Waals surface area (Å²) in [6.45, 7) is 4.19. The monoisotopic (exact) mass is 271 g/mol. The van der Waals surface area contributed by atoms with Crippen molar-refractivity contribution in [3.05, 3.63) is 0 Å². The van der Waals surface area contributed by atoms with E-state index in [1.807, 2.05) is 0 Å². The van der Waals surface area contributed by atoms with Crippen molar-refractivity contribution in [3.63, 3.8) is 0 Å². The summed E-state index contributed by atoms with van der Waals surface area (Å²) in [5.41, 5.74) is 0. The van der Waals surface area contributed by atoms with Crippen LogP contribution in [-0.2, 0) is 0 Å². The van der Waals surface area contributed by atoms with E-state index in [0.29, 0.717) is 0 Å². The third-order valence-corrected chi connectivity index (χ3v) is 0. The second-order valence-corrected chi connectivity index (χ2v) is 1.34. The van der Waals surface area contributed by atoms with E-state index in [9.17, 15) is 0 Å². The van der Waals surface area contributed by atoms with E-state index in [1.54, 1.807) is 0 Å². The van der Waals surface area contributed by atoms with Crippen molar-refractivity contribution in [1.29, 1.82) is 0 Å². The van der Waals surface area contributed by atoms with Crippen LogP contribution in [0.2, 0.25) is 0 Å². The Balaban J connectivity index is 0. The second kappa shape index (κ2) is 8.84. The molecular weight excluding hydrogens is 262 g/mol. The fraction of sp³-hybridized carbons (Fsp3) is 1.00. The van der Waals surface area contributed by atoms with E-state index in [2.05, 4.69) is 13.3 Å². The van der Waals surface area contributed by atoms with Gasteiger partial charge in [-0.15, -0.1) is 0 Å². The number of rotatable bonds is 0. The van der Waals surface area contributed by atoms with Gasteiger partial charge >= 0.3 is 27.3 Å². The van der Waals surface area contributed by atoms with Crippen molar-refractivity contribution in [2.24, 2.45) is 0 Å². The van der Waals surface area contributed by atoms with Crippen LogP contribution in [0.4, 0.5) is 0 Å². The summed E-state index contributed by atoms with van der Waals surface area (Å²) in [4.78, 5) is 0. The molecule has 0 aliphatic carbocycles. The van der Waals surface area contributed by atoms with Gasteiger partial charge in [0.1, 0.15) is 0 Å². The average molecular weight is 270 g/mol.